The molecule has 17 heavy (non-hydrogen) atoms. The first kappa shape index (κ1) is 11.0. The second-order valence-electron chi connectivity index (χ2n) is 4.82. The van der Waals surface area contributed by atoms with Crippen LogP contribution in [-0.4, -0.2) is 35.7 Å². The predicted octanol–water partition coefficient (Wildman–Crippen LogP) is 0.503. The lowest BCUT2D eigenvalue weighted by molar-refractivity contribution is -0.165. The second kappa shape index (κ2) is 3.68. The molecule has 2 aliphatic heterocycles. The van der Waals surface area contributed by atoms with E-state index in [0.29, 0.717) is 12.8 Å². The Balaban J connectivity index is 1.55. The predicted molar refractivity (Wildman–Crippen MR) is 52.7 cm³/mol. The summed E-state index contributed by atoms with van der Waals surface area (Å²) in [4.78, 5) is 22.8. The highest BCUT2D eigenvalue weighted by molar-refractivity contribution is 5.81. The van der Waals surface area contributed by atoms with E-state index in [0.717, 1.165) is 12.8 Å². The molecular weight excluding hydrogens is 228 g/mol. The monoisotopic (exact) mass is 242 g/mol. The van der Waals surface area contributed by atoms with Gasteiger partial charge in [0.1, 0.15) is 0 Å². The number of rotatable bonds is 4. The van der Waals surface area contributed by atoms with E-state index in [1.54, 1.807) is 0 Å². The lowest BCUT2D eigenvalue weighted by Crippen LogP contribution is -2.34. The zero-order chi connectivity index (χ0) is 12.0. The molecule has 6 nitrogen and oxygen atoms in total. The third-order valence-electron chi connectivity index (χ3n) is 3.66. The van der Waals surface area contributed by atoms with Gasteiger partial charge in [0.25, 0.3) is 5.79 Å². The summed E-state index contributed by atoms with van der Waals surface area (Å²) in [5, 5.41) is 9.05. The average molecular weight is 242 g/mol. The van der Waals surface area contributed by atoms with Crippen LogP contribution >= 0.6 is 0 Å². The lowest BCUT2D eigenvalue weighted by atomic mass is 9.79. The van der Waals surface area contributed by atoms with E-state index in [9.17, 15) is 9.59 Å². The Kier molecular flexibility index (Phi) is 2.38. The molecule has 2 saturated heterocycles. The first-order valence-electron chi connectivity index (χ1n) is 5.87. The zero-order valence-corrected chi connectivity index (χ0v) is 9.26. The second-order valence-corrected chi connectivity index (χ2v) is 4.82. The smallest absolute Gasteiger partial charge is 0.310 e. The number of epoxide rings is 2. The molecule has 1 saturated carbocycles. The van der Waals surface area contributed by atoms with Gasteiger partial charge in [0.2, 0.25) is 6.29 Å². The van der Waals surface area contributed by atoms with Gasteiger partial charge in [-0.25, -0.2) is 0 Å². The first-order chi connectivity index (χ1) is 8.12. The van der Waals surface area contributed by atoms with Crippen molar-refractivity contribution in [3.05, 3.63) is 0 Å². The van der Waals surface area contributed by atoms with Crippen molar-refractivity contribution in [3.8, 4) is 0 Å². The van der Waals surface area contributed by atoms with Gasteiger partial charge < -0.3 is 19.3 Å². The number of ether oxygens (including phenoxy) is 3. The van der Waals surface area contributed by atoms with Crippen LogP contribution in [0.25, 0.3) is 0 Å². The number of carbonyl (C=O) groups is 2. The number of carboxylic acids is 1. The van der Waals surface area contributed by atoms with Gasteiger partial charge in [-0.15, -0.1) is 0 Å². The minimum atomic E-state index is -0.909. The van der Waals surface area contributed by atoms with Gasteiger partial charge in [0, 0.05) is 0 Å². The molecule has 0 amide bonds. The van der Waals surface area contributed by atoms with Crippen molar-refractivity contribution >= 4 is 11.9 Å². The summed E-state index contributed by atoms with van der Waals surface area (Å²) in [5.74, 6) is -3.13. The molecule has 3 fully saturated rings. The van der Waals surface area contributed by atoms with E-state index in [1.165, 1.54) is 0 Å². The molecule has 3 aliphatic rings. The van der Waals surface area contributed by atoms with E-state index in [2.05, 4.69) is 0 Å². The van der Waals surface area contributed by atoms with Crippen LogP contribution in [0.2, 0.25) is 0 Å². The van der Waals surface area contributed by atoms with Gasteiger partial charge in [0.15, 0.2) is 6.61 Å². The van der Waals surface area contributed by atoms with E-state index in [4.69, 9.17) is 19.3 Å². The van der Waals surface area contributed by atoms with Gasteiger partial charge in [-0.05, 0) is 12.8 Å². The van der Waals surface area contributed by atoms with Gasteiger partial charge >= 0.3 is 11.9 Å². The molecule has 1 aliphatic carbocycles. The Morgan fingerprint density at radius 3 is 2.35 bits per heavy atom. The third kappa shape index (κ3) is 1.91. The molecule has 2 unspecified atom stereocenters. The third-order valence-corrected chi connectivity index (χ3v) is 3.66. The minimum absolute atomic E-state index is 0.0827. The van der Waals surface area contributed by atoms with E-state index in [-0.39, 0.29) is 12.9 Å². The molecule has 2 atom stereocenters. The van der Waals surface area contributed by atoms with Crippen molar-refractivity contribution in [2.24, 2.45) is 11.8 Å². The maximum atomic E-state index is 11.8. The lowest BCUT2D eigenvalue weighted by Gasteiger charge is -2.26. The fourth-order valence-electron chi connectivity index (χ4n) is 2.43. The minimum Gasteiger partial charge on any atom is -0.481 e. The summed E-state index contributed by atoms with van der Waals surface area (Å²) in [6, 6.07) is 0. The number of hydrogen-bond acceptors (Lipinski definition) is 5. The molecule has 0 radical (unpaired) electrons. The fourth-order valence-corrected chi connectivity index (χ4v) is 2.43. The molecule has 0 bridgehead atoms. The van der Waals surface area contributed by atoms with E-state index in [1.807, 2.05) is 0 Å². The quantitative estimate of drug-likeness (QED) is 0.570. The van der Waals surface area contributed by atoms with Gasteiger partial charge in [-0.1, -0.05) is 12.8 Å². The summed E-state index contributed by atoms with van der Waals surface area (Å²) < 4.78 is 15.1. The largest absolute Gasteiger partial charge is 0.481 e. The van der Waals surface area contributed by atoms with Crippen molar-refractivity contribution in [1.82, 2.24) is 0 Å². The van der Waals surface area contributed by atoms with Crippen molar-refractivity contribution in [2.75, 3.05) is 6.61 Å². The molecule has 0 spiro atoms. The molecule has 94 valence electrons. The normalized spacial score (nSPS) is 42.5. The van der Waals surface area contributed by atoms with Crippen molar-refractivity contribution < 1.29 is 28.9 Å². The first-order valence-corrected chi connectivity index (χ1v) is 5.87. The summed E-state index contributed by atoms with van der Waals surface area (Å²) in [5.41, 5.74) is 0. The van der Waals surface area contributed by atoms with Crippen LogP contribution in [0.1, 0.15) is 25.7 Å². The number of aliphatic carboxylic acids is 1. The van der Waals surface area contributed by atoms with E-state index >= 15 is 0 Å². The summed E-state index contributed by atoms with van der Waals surface area (Å²) in [6.07, 6.45) is 2.68. The Hall–Kier alpha value is -1.14. The summed E-state index contributed by atoms with van der Waals surface area (Å²) >= 11 is 0. The van der Waals surface area contributed by atoms with Gasteiger partial charge in [-0.2, -0.15) is 0 Å². The fraction of sp³-hybridized carbons (Fsp3) is 0.818. The standard InChI is InChI=1S/C11H14O6/c12-8(13)6-3-1-2-4-7(6)9(14)15-5-11-10(16-11)17-11/h6-7,10H,1-5H2,(H,12,13). The summed E-state index contributed by atoms with van der Waals surface area (Å²) in [6.45, 7) is 0.0827. The van der Waals surface area contributed by atoms with Crippen LogP contribution in [0.4, 0.5) is 0 Å². The van der Waals surface area contributed by atoms with Gasteiger partial charge in [-0.3, -0.25) is 9.59 Å². The van der Waals surface area contributed by atoms with Crippen molar-refractivity contribution in [1.29, 1.82) is 0 Å². The van der Waals surface area contributed by atoms with Crippen LogP contribution in [0, 0.1) is 11.8 Å². The molecule has 3 rings (SSSR count). The zero-order valence-electron chi connectivity index (χ0n) is 9.26. The van der Waals surface area contributed by atoms with Crippen LogP contribution in [0.15, 0.2) is 0 Å². The Bertz CT molecular complexity index is 359. The highest BCUT2D eigenvalue weighted by Crippen LogP contribution is 2.56. The maximum absolute atomic E-state index is 11.8. The van der Waals surface area contributed by atoms with Crippen molar-refractivity contribution in [3.63, 3.8) is 0 Å². The topological polar surface area (TPSA) is 88.7 Å². The van der Waals surface area contributed by atoms with E-state index < -0.39 is 29.6 Å². The van der Waals surface area contributed by atoms with Crippen molar-refractivity contribution in [2.45, 2.75) is 37.8 Å². The van der Waals surface area contributed by atoms with Gasteiger partial charge in [0.05, 0.1) is 11.8 Å². The number of hydrogen-bond donors (Lipinski definition) is 1. The number of fused-ring (bicyclic) bond motifs is 1. The SMILES string of the molecule is O=C(O)C1CCCCC1C(=O)OCC12OC1O2. The number of carbonyl (C=O) groups excluding carboxylic acids is 1. The van der Waals surface area contributed by atoms with Crippen LogP contribution in [0.3, 0.4) is 0 Å². The van der Waals surface area contributed by atoms with Crippen LogP contribution in [-0.2, 0) is 23.8 Å². The van der Waals surface area contributed by atoms with Crippen LogP contribution in [0.5, 0.6) is 0 Å². The molecule has 1 N–H and O–H groups in total. The summed E-state index contributed by atoms with van der Waals surface area (Å²) in [7, 11) is 0. The highest BCUT2D eigenvalue weighted by atomic mass is 17.0. The molecule has 0 aromatic heterocycles. The Labute approximate surface area is 97.8 Å². The highest BCUT2D eigenvalue weighted by Gasteiger charge is 2.78. The Morgan fingerprint density at radius 1 is 1.24 bits per heavy atom. The molecule has 0 aromatic rings. The average Bonchev–Trinajstić information content (AvgIpc) is 3.15. The number of esters is 1. The molecule has 6 heteroatoms. The number of carboxylic acid groups (broad SMARTS) is 1. The maximum Gasteiger partial charge on any atom is 0.310 e. The van der Waals surface area contributed by atoms with Crippen LogP contribution < -0.4 is 0 Å². The molecule has 0 aromatic carbocycles. The Morgan fingerprint density at radius 2 is 1.82 bits per heavy atom. The molecular formula is C11H14O6. The molecule has 2 heterocycles.